The lowest BCUT2D eigenvalue weighted by atomic mass is 10.1. The van der Waals surface area contributed by atoms with Gasteiger partial charge in [0.15, 0.2) is 0 Å². The molecular weight excluding hydrogens is 276 g/mol. The number of carboxylic acid groups (broad SMARTS) is 1. The SMILES string of the molecule is Cc1n[nH]c(=O)c(C(=O)Nc2c[nH]c(C)c2C(=O)O)c1C. The molecule has 0 aliphatic heterocycles. The van der Waals surface area contributed by atoms with Gasteiger partial charge in [-0.05, 0) is 26.3 Å². The van der Waals surface area contributed by atoms with Crippen molar-refractivity contribution in [2.75, 3.05) is 5.32 Å². The first-order chi connectivity index (χ1) is 9.82. The summed E-state index contributed by atoms with van der Waals surface area (Å²) in [6.07, 6.45) is 1.37. The van der Waals surface area contributed by atoms with Gasteiger partial charge in [-0.15, -0.1) is 0 Å². The van der Waals surface area contributed by atoms with Crippen LogP contribution in [0.3, 0.4) is 0 Å². The molecule has 2 aromatic heterocycles. The summed E-state index contributed by atoms with van der Waals surface area (Å²) in [5.41, 5.74) is 0.733. The molecule has 21 heavy (non-hydrogen) atoms. The van der Waals surface area contributed by atoms with Crippen molar-refractivity contribution in [3.05, 3.63) is 44.6 Å². The molecule has 0 aliphatic carbocycles. The number of amides is 1. The van der Waals surface area contributed by atoms with Crippen molar-refractivity contribution < 1.29 is 14.7 Å². The van der Waals surface area contributed by atoms with E-state index in [0.29, 0.717) is 17.0 Å². The van der Waals surface area contributed by atoms with Crippen LogP contribution in [0, 0.1) is 20.8 Å². The molecule has 4 N–H and O–H groups in total. The van der Waals surface area contributed by atoms with Crippen LogP contribution in [0.4, 0.5) is 5.69 Å². The first-order valence-corrected chi connectivity index (χ1v) is 6.11. The molecule has 2 rings (SSSR count). The highest BCUT2D eigenvalue weighted by atomic mass is 16.4. The molecule has 0 saturated heterocycles. The Balaban J connectivity index is 2.43. The maximum atomic E-state index is 12.2. The van der Waals surface area contributed by atoms with Gasteiger partial charge in [-0.2, -0.15) is 5.10 Å². The summed E-state index contributed by atoms with van der Waals surface area (Å²) in [7, 11) is 0. The number of carboxylic acids is 1. The molecule has 0 aromatic carbocycles. The zero-order valence-electron chi connectivity index (χ0n) is 11.7. The summed E-state index contributed by atoms with van der Waals surface area (Å²) in [5, 5.41) is 17.6. The molecule has 8 nitrogen and oxygen atoms in total. The number of nitrogens with zero attached hydrogens (tertiary/aromatic N) is 1. The molecule has 0 unspecified atom stereocenters. The quantitative estimate of drug-likeness (QED) is 0.669. The molecule has 1 amide bonds. The van der Waals surface area contributed by atoms with Gasteiger partial charge < -0.3 is 15.4 Å². The van der Waals surface area contributed by atoms with E-state index >= 15 is 0 Å². The first kappa shape index (κ1) is 14.5. The summed E-state index contributed by atoms with van der Waals surface area (Å²) in [5.74, 6) is -1.85. The fourth-order valence-electron chi connectivity index (χ4n) is 1.98. The summed E-state index contributed by atoms with van der Waals surface area (Å²) in [6.45, 7) is 4.84. The van der Waals surface area contributed by atoms with Crippen molar-refractivity contribution in [3.63, 3.8) is 0 Å². The predicted octanol–water partition coefficient (Wildman–Crippen LogP) is 0.974. The average molecular weight is 290 g/mol. The van der Waals surface area contributed by atoms with Crippen LogP contribution < -0.4 is 10.9 Å². The molecule has 0 fully saturated rings. The Kier molecular flexibility index (Phi) is 3.62. The second-order valence-electron chi connectivity index (χ2n) is 4.60. The topological polar surface area (TPSA) is 128 Å². The first-order valence-electron chi connectivity index (χ1n) is 6.11. The summed E-state index contributed by atoms with van der Waals surface area (Å²) in [4.78, 5) is 37.9. The zero-order chi connectivity index (χ0) is 15.7. The lowest BCUT2D eigenvalue weighted by Gasteiger charge is -2.07. The number of hydrogen-bond donors (Lipinski definition) is 4. The third kappa shape index (κ3) is 2.55. The van der Waals surface area contributed by atoms with Crippen LogP contribution in [0.15, 0.2) is 11.0 Å². The van der Waals surface area contributed by atoms with E-state index in [1.165, 1.54) is 6.20 Å². The van der Waals surface area contributed by atoms with E-state index in [0.717, 1.165) is 0 Å². The molecule has 110 valence electrons. The molecule has 0 atom stereocenters. The fourth-order valence-corrected chi connectivity index (χ4v) is 1.98. The van der Waals surface area contributed by atoms with Gasteiger partial charge in [0.25, 0.3) is 11.5 Å². The average Bonchev–Trinajstić information content (AvgIpc) is 2.75. The second kappa shape index (κ2) is 5.23. The van der Waals surface area contributed by atoms with E-state index in [-0.39, 0.29) is 16.8 Å². The largest absolute Gasteiger partial charge is 0.478 e. The van der Waals surface area contributed by atoms with Gasteiger partial charge >= 0.3 is 5.97 Å². The number of nitrogens with one attached hydrogen (secondary N) is 3. The number of aryl methyl sites for hydroxylation is 2. The Morgan fingerprint density at radius 2 is 1.90 bits per heavy atom. The Labute approximate surface area is 119 Å². The van der Waals surface area contributed by atoms with E-state index < -0.39 is 17.4 Å². The normalized spacial score (nSPS) is 10.4. The summed E-state index contributed by atoms with van der Waals surface area (Å²) in [6, 6.07) is 0. The van der Waals surface area contributed by atoms with Crippen LogP contribution in [0.1, 0.15) is 37.7 Å². The number of carbonyl (C=O) groups is 2. The molecule has 8 heteroatoms. The fraction of sp³-hybridized carbons (Fsp3) is 0.231. The molecule has 0 aliphatic rings. The molecule has 0 bridgehead atoms. The number of aromatic amines is 2. The van der Waals surface area contributed by atoms with E-state index in [9.17, 15) is 14.4 Å². The van der Waals surface area contributed by atoms with E-state index in [1.54, 1.807) is 20.8 Å². The van der Waals surface area contributed by atoms with E-state index in [1.807, 2.05) is 0 Å². The van der Waals surface area contributed by atoms with Gasteiger partial charge in [-0.1, -0.05) is 0 Å². The molecule has 0 radical (unpaired) electrons. The van der Waals surface area contributed by atoms with Crippen molar-refractivity contribution >= 4 is 17.6 Å². The molecule has 2 heterocycles. The van der Waals surface area contributed by atoms with Gasteiger partial charge in [-0.3, -0.25) is 9.59 Å². The molecule has 0 saturated carbocycles. The minimum absolute atomic E-state index is 0.0387. The van der Waals surface area contributed by atoms with Crippen molar-refractivity contribution in [3.8, 4) is 0 Å². The second-order valence-corrected chi connectivity index (χ2v) is 4.60. The highest BCUT2D eigenvalue weighted by Crippen LogP contribution is 2.20. The number of anilines is 1. The highest BCUT2D eigenvalue weighted by Gasteiger charge is 2.21. The smallest absolute Gasteiger partial charge is 0.339 e. The van der Waals surface area contributed by atoms with Crippen LogP contribution in [-0.2, 0) is 0 Å². The number of rotatable bonds is 3. The number of carbonyl (C=O) groups excluding carboxylic acids is 1. The van der Waals surface area contributed by atoms with Gasteiger partial charge in [0, 0.05) is 11.9 Å². The van der Waals surface area contributed by atoms with Gasteiger partial charge in [-0.25, -0.2) is 9.89 Å². The number of hydrogen-bond acceptors (Lipinski definition) is 4. The van der Waals surface area contributed by atoms with E-state index in [2.05, 4.69) is 20.5 Å². The lowest BCUT2D eigenvalue weighted by molar-refractivity contribution is 0.0697. The van der Waals surface area contributed by atoms with Gasteiger partial charge in [0.2, 0.25) is 0 Å². The van der Waals surface area contributed by atoms with Crippen LogP contribution in [0.25, 0.3) is 0 Å². The van der Waals surface area contributed by atoms with Crippen LogP contribution >= 0.6 is 0 Å². The number of H-pyrrole nitrogens is 2. The monoisotopic (exact) mass is 290 g/mol. The zero-order valence-corrected chi connectivity index (χ0v) is 11.7. The summed E-state index contributed by atoms with van der Waals surface area (Å²) >= 11 is 0. The van der Waals surface area contributed by atoms with Crippen molar-refractivity contribution in [1.82, 2.24) is 15.2 Å². The lowest BCUT2D eigenvalue weighted by Crippen LogP contribution is -2.26. The summed E-state index contributed by atoms with van der Waals surface area (Å²) < 4.78 is 0. The third-order valence-corrected chi connectivity index (χ3v) is 3.24. The van der Waals surface area contributed by atoms with Crippen LogP contribution in [0.5, 0.6) is 0 Å². The molecule has 0 spiro atoms. The third-order valence-electron chi connectivity index (χ3n) is 3.24. The Morgan fingerprint density at radius 1 is 1.24 bits per heavy atom. The molecular formula is C13H14N4O4. The Hall–Kier alpha value is -2.90. The highest BCUT2D eigenvalue weighted by molar-refractivity contribution is 6.08. The number of aromatic carboxylic acids is 1. The predicted molar refractivity (Wildman–Crippen MR) is 74.8 cm³/mol. The molecule has 2 aromatic rings. The Bertz CT molecular complexity index is 788. The van der Waals surface area contributed by atoms with E-state index in [4.69, 9.17) is 5.11 Å². The van der Waals surface area contributed by atoms with Gasteiger partial charge in [0.05, 0.1) is 11.4 Å². The van der Waals surface area contributed by atoms with Crippen LogP contribution in [0.2, 0.25) is 0 Å². The number of aromatic nitrogens is 3. The van der Waals surface area contributed by atoms with Crippen molar-refractivity contribution in [1.29, 1.82) is 0 Å². The standard InChI is InChI=1S/C13H14N4O4/c1-5-6(2)16-17-12(19)9(5)11(18)15-8-4-14-7(3)10(8)13(20)21/h4,14H,1-3H3,(H,15,18)(H,17,19)(H,20,21). The maximum absolute atomic E-state index is 12.2. The minimum Gasteiger partial charge on any atom is -0.478 e. The van der Waals surface area contributed by atoms with Crippen molar-refractivity contribution in [2.45, 2.75) is 20.8 Å². The minimum atomic E-state index is -1.17. The van der Waals surface area contributed by atoms with Crippen molar-refractivity contribution in [2.24, 2.45) is 0 Å². The van der Waals surface area contributed by atoms with Crippen LogP contribution in [-0.4, -0.2) is 32.2 Å². The van der Waals surface area contributed by atoms with Gasteiger partial charge in [0.1, 0.15) is 11.1 Å². The Morgan fingerprint density at radius 3 is 2.52 bits per heavy atom. The maximum Gasteiger partial charge on any atom is 0.339 e.